The van der Waals surface area contributed by atoms with Crippen molar-refractivity contribution in [3.8, 4) is 0 Å². The average molecular weight is 149 g/mol. The Morgan fingerprint density at radius 1 is 1.89 bits per heavy atom. The summed E-state index contributed by atoms with van der Waals surface area (Å²) >= 11 is 0.153. The second-order valence-electron chi connectivity index (χ2n) is 1.28. The monoisotopic (exact) mass is 149 g/mol. The molecule has 9 heavy (non-hydrogen) atoms. The summed E-state index contributed by atoms with van der Waals surface area (Å²) in [6.07, 6.45) is 0. The standard InChI is InChI=1S/C4H7NO3S/c1-8-4(6)3(5)2-9-7/h2-3H,5H2,1H3/t3-/m0/s1. The molecule has 0 bridgehead atoms. The maximum Gasteiger partial charge on any atom is 0.327 e. The zero-order valence-electron chi connectivity index (χ0n) is 4.87. The fraction of sp³-hybridized carbons (Fsp3) is 0.500. The van der Waals surface area contributed by atoms with Crippen LogP contribution in [-0.2, 0) is 20.8 Å². The third-order valence-corrected chi connectivity index (χ3v) is 1.08. The first-order valence-electron chi connectivity index (χ1n) is 2.17. The first kappa shape index (κ1) is 8.32. The minimum Gasteiger partial charge on any atom is -0.468 e. The molecular formula is C4H7NO3S. The van der Waals surface area contributed by atoms with Crippen molar-refractivity contribution in [3.63, 3.8) is 0 Å². The van der Waals surface area contributed by atoms with Gasteiger partial charge in [0.1, 0.15) is 6.04 Å². The lowest BCUT2D eigenvalue weighted by atomic mass is 10.4. The van der Waals surface area contributed by atoms with Gasteiger partial charge in [-0.05, 0) is 0 Å². The number of ether oxygens (including phenoxy) is 1. The molecule has 0 aromatic heterocycles. The Labute approximate surface area is 56.1 Å². The lowest BCUT2D eigenvalue weighted by Gasteiger charge is -1.98. The minimum absolute atomic E-state index is 0.153. The third kappa shape index (κ3) is 2.99. The van der Waals surface area contributed by atoms with E-state index in [0.717, 1.165) is 5.37 Å². The van der Waals surface area contributed by atoms with Gasteiger partial charge in [0.2, 0.25) is 0 Å². The van der Waals surface area contributed by atoms with Crippen LogP contribution < -0.4 is 5.73 Å². The largest absolute Gasteiger partial charge is 0.468 e. The van der Waals surface area contributed by atoms with Crippen molar-refractivity contribution in [2.75, 3.05) is 7.11 Å². The maximum atomic E-state index is 10.4. The number of hydrogen-bond acceptors (Lipinski definition) is 4. The van der Waals surface area contributed by atoms with Gasteiger partial charge in [0.15, 0.2) is 0 Å². The molecule has 52 valence electrons. The van der Waals surface area contributed by atoms with Crippen LogP contribution in [-0.4, -0.2) is 28.7 Å². The summed E-state index contributed by atoms with van der Waals surface area (Å²) in [5.74, 6) is -0.599. The van der Waals surface area contributed by atoms with E-state index in [1.54, 1.807) is 0 Å². The molecular weight excluding hydrogens is 142 g/mol. The van der Waals surface area contributed by atoms with E-state index in [1.807, 2.05) is 0 Å². The summed E-state index contributed by atoms with van der Waals surface area (Å²) in [6, 6.07) is -0.905. The van der Waals surface area contributed by atoms with E-state index < -0.39 is 12.0 Å². The zero-order valence-corrected chi connectivity index (χ0v) is 5.68. The highest BCUT2D eigenvalue weighted by Gasteiger charge is 2.08. The predicted octanol–water partition coefficient (Wildman–Crippen LogP) is -1.50. The molecule has 0 fully saturated rings. The molecule has 0 rings (SSSR count). The molecule has 0 aromatic rings. The van der Waals surface area contributed by atoms with Gasteiger partial charge < -0.3 is 10.5 Å². The normalized spacial score (nSPS) is 11.8. The molecule has 1 atom stereocenters. The molecule has 0 saturated heterocycles. The smallest absolute Gasteiger partial charge is 0.327 e. The van der Waals surface area contributed by atoms with Crippen molar-refractivity contribution in [2.45, 2.75) is 6.04 Å². The van der Waals surface area contributed by atoms with Crippen LogP contribution in [0.4, 0.5) is 0 Å². The van der Waals surface area contributed by atoms with Gasteiger partial charge in [0, 0.05) is 5.37 Å². The molecule has 0 radical (unpaired) electrons. The number of nitrogens with two attached hydrogens (primary N) is 1. The highest BCUT2D eigenvalue weighted by Crippen LogP contribution is 1.75. The van der Waals surface area contributed by atoms with E-state index in [0.29, 0.717) is 0 Å². The number of esters is 1. The Bertz CT molecular complexity index is 152. The van der Waals surface area contributed by atoms with Crippen LogP contribution in [0.25, 0.3) is 0 Å². The topological polar surface area (TPSA) is 69.4 Å². The van der Waals surface area contributed by atoms with E-state index >= 15 is 0 Å². The zero-order chi connectivity index (χ0) is 7.28. The molecule has 0 spiro atoms. The summed E-state index contributed by atoms with van der Waals surface area (Å²) in [6.45, 7) is 0. The summed E-state index contributed by atoms with van der Waals surface area (Å²) in [4.78, 5) is 10.4. The van der Waals surface area contributed by atoms with Crippen LogP contribution >= 0.6 is 0 Å². The van der Waals surface area contributed by atoms with Crippen molar-refractivity contribution in [3.05, 3.63) is 0 Å². The minimum atomic E-state index is -0.905. The van der Waals surface area contributed by atoms with E-state index in [2.05, 4.69) is 4.74 Å². The van der Waals surface area contributed by atoms with Crippen LogP contribution in [0.2, 0.25) is 0 Å². The number of hydrogen-bond donors (Lipinski definition) is 1. The van der Waals surface area contributed by atoms with E-state index in [-0.39, 0.29) is 11.3 Å². The van der Waals surface area contributed by atoms with Crippen molar-refractivity contribution in [1.82, 2.24) is 0 Å². The first-order chi connectivity index (χ1) is 4.22. The molecule has 0 amide bonds. The van der Waals surface area contributed by atoms with Gasteiger partial charge in [-0.1, -0.05) is 0 Å². The van der Waals surface area contributed by atoms with E-state index in [4.69, 9.17) is 5.73 Å². The van der Waals surface area contributed by atoms with Gasteiger partial charge in [-0.15, -0.1) is 0 Å². The third-order valence-electron chi connectivity index (χ3n) is 0.676. The van der Waals surface area contributed by atoms with Gasteiger partial charge in [0.05, 0.1) is 18.4 Å². The highest BCUT2D eigenvalue weighted by molar-refractivity contribution is 7.65. The summed E-state index contributed by atoms with van der Waals surface area (Å²) < 4.78 is 14.0. The average Bonchev–Trinajstić information content (AvgIpc) is 1.87. The molecule has 4 nitrogen and oxygen atoms in total. The Balaban J connectivity index is 3.87. The van der Waals surface area contributed by atoms with Crippen molar-refractivity contribution in [1.29, 1.82) is 0 Å². The van der Waals surface area contributed by atoms with Gasteiger partial charge in [-0.25, -0.2) is 9.00 Å². The van der Waals surface area contributed by atoms with Gasteiger partial charge >= 0.3 is 5.97 Å². The van der Waals surface area contributed by atoms with E-state index in [9.17, 15) is 9.00 Å². The summed E-state index contributed by atoms with van der Waals surface area (Å²) in [5.41, 5.74) is 5.09. The molecule has 2 N–H and O–H groups in total. The molecule has 0 aliphatic carbocycles. The van der Waals surface area contributed by atoms with Crippen molar-refractivity contribution >= 4 is 22.6 Å². The number of carbonyl (C=O) groups excluding carboxylic acids is 1. The van der Waals surface area contributed by atoms with E-state index in [1.165, 1.54) is 7.11 Å². The molecule has 0 aliphatic rings. The summed E-state index contributed by atoms with van der Waals surface area (Å²) in [5, 5.41) is 1.06. The van der Waals surface area contributed by atoms with Crippen LogP contribution in [0, 0.1) is 0 Å². The first-order valence-corrected chi connectivity index (χ1v) is 2.98. The fourth-order valence-corrected chi connectivity index (χ4v) is 0.482. The van der Waals surface area contributed by atoms with Gasteiger partial charge in [-0.3, -0.25) is 0 Å². The molecule has 0 unspecified atom stereocenters. The van der Waals surface area contributed by atoms with Crippen molar-refractivity contribution < 1.29 is 13.7 Å². The van der Waals surface area contributed by atoms with Crippen LogP contribution in [0.15, 0.2) is 0 Å². The highest BCUT2D eigenvalue weighted by atomic mass is 32.1. The molecule has 0 heterocycles. The fourth-order valence-electron chi connectivity index (χ4n) is 0.251. The second-order valence-corrected chi connectivity index (χ2v) is 1.75. The van der Waals surface area contributed by atoms with Crippen LogP contribution in [0.3, 0.4) is 0 Å². The lowest BCUT2D eigenvalue weighted by molar-refractivity contribution is -0.140. The van der Waals surface area contributed by atoms with Gasteiger partial charge in [-0.2, -0.15) is 0 Å². The SMILES string of the molecule is COC(=O)[C@@H](N)C=S=O. The Kier molecular flexibility index (Phi) is 3.90. The van der Waals surface area contributed by atoms with Gasteiger partial charge in [0.25, 0.3) is 0 Å². The van der Waals surface area contributed by atoms with Crippen LogP contribution in [0.5, 0.6) is 0 Å². The number of carbonyl (C=O) groups is 1. The van der Waals surface area contributed by atoms with Crippen molar-refractivity contribution in [2.24, 2.45) is 5.73 Å². The Morgan fingerprint density at radius 3 is 2.78 bits per heavy atom. The predicted molar refractivity (Wildman–Crippen MR) is 34.2 cm³/mol. The quantitative estimate of drug-likeness (QED) is 0.383. The molecule has 0 aromatic carbocycles. The number of methoxy groups -OCH3 is 1. The second kappa shape index (κ2) is 4.22. The Morgan fingerprint density at radius 2 is 2.44 bits per heavy atom. The molecule has 5 heteroatoms. The molecule has 0 aliphatic heterocycles. The maximum absolute atomic E-state index is 10.4. The summed E-state index contributed by atoms with van der Waals surface area (Å²) in [7, 11) is 1.21. The lowest BCUT2D eigenvalue weighted by Crippen LogP contribution is -2.32. The molecule has 0 saturated carbocycles. The van der Waals surface area contributed by atoms with Crippen LogP contribution in [0.1, 0.15) is 0 Å². The Hall–Kier alpha value is -0.680. The number of rotatable bonds is 2.